The molecule has 2 N–H and O–H groups in total. The first-order chi connectivity index (χ1) is 8.65. The topological polar surface area (TPSA) is 77.7 Å². The zero-order valence-electron chi connectivity index (χ0n) is 10.5. The molecule has 0 radical (unpaired) electrons. The number of esters is 1. The summed E-state index contributed by atoms with van der Waals surface area (Å²) in [7, 11) is 3.03. The molecule has 2 heterocycles. The second-order valence-corrected chi connectivity index (χ2v) is 4.21. The highest BCUT2D eigenvalue weighted by atomic mass is 16.5. The molecule has 0 amide bonds. The average molecular weight is 251 g/mol. The van der Waals surface area contributed by atoms with Gasteiger partial charge in [-0.05, 0) is 12.5 Å². The molecule has 1 saturated heterocycles. The second-order valence-electron chi connectivity index (χ2n) is 4.21. The molecule has 98 valence electrons. The van der Waals surface area contributed by atoms with Gasteiger partial charge in [0.2, 0.25) is 0 Å². The summed E-state index contributed by atoms with van der Waals surface area (Å²) in [6, 6.07) is 1.67. The molecular weight excluding hydrogens is 234 g/mol. The van der Waals surface area contributed by atoms with E-state index in [2.05, 4.69) is 14.6 Å². The first-order valence-corrected chi connectivity index (χ1v) is 5.77. The van der Waals surface area contributed by atoms with Crippen molar-refractivity contribution in [1.82, 2.24) is 4.98 Å². The van der Waals surface area contributed by atoms with Crippen LogP contribution in [0.5, 0.6) is 0 Å². The van der Waals surface area contributed by atoms with Crippen molar-refractivity contribution in [2.75, 3.05) is 37.9 Å². The lowest BCUT2D eigenvalue weighted by atomic mass is 10.2. The maximum atomic E-state index is 11.5. The van der Waals surface area contributed by atoms with E-state index in [1.807, 2.05) is 0 Å². The van der Waals surface area contributed by atoms with Crippen LogP contribution >= 0.6 is 0 Å². The van der Waals surface area contributed by atoms with Gasteiger partial charge in [-0.1, -0.05) is 0 Å². The molecule has 0 saturated carbocycles. The number of hydrogen-bond donors (Lipinski definition) is 1. The van der Waals surface area contributed by atoms with Crippen LogP contribution in [0.25, 0.3) is 0 Å². The molecule has 1 aliphatic heterocycles. The Labute approximate surface area is 106 Å². The molecular formula is C12H17N3O3. The van der Waals surface area contributed by atoms with E-state index in [1.54, 1.807) is 13.2 Å². The van der Waals surface area contributed by atoms with E-state index in [4.69, 9.17) is 10.5 Å². The second kappa shape index (κ2) is 5.22. The average Bonchev–Trinajstić information content (AvgIpc) is 2.87. The van der Waals surface area contributed by atoms with Crippen molar-refractivity contribution < 1.29 is 14.3 Å². The summed E-state index contributed by atoms with van der Waals surface area (Å²) in [5.74, 6) is 0.280. The highest BCUT2D eigenvalue weighted by molar-refractivity contribution is 5.95. The van der Waals surface area contributed by atoms with Crippen molar-refractivity contribution in [3.8, 4) is 0 Å². The number of aromatic nitrogens is 1. The first kappa shape index (κ1) is 12.6. The van der Waals surface area contributed by atoms with Crippen molar-refractivity contribution in [2.24, 2.45) is 0 Å². The fourth-order valence-corrected chi connectivity index (χ4v) is 2.04. The number of methoxy groups -OCH3 is 2. The van der Waals surface area contributed by atoms with Gasteiger partial charge >= 0.3 is 5.97 Å². The Morgan fingerprint density at radius 3 is 2.94 bits per heavy atom. The third kappa shape index (κ3) is 2.38. The van der Waals surface area contributed by atoms with E-state index in [1.165, 1.54) is 13.3 Å². The number of nitrogen functional groups attached to an aromatic ring is 1. The molecule has 1 fully saturated rings. The number of hydrogen-bond acceptors (Lipinski definition) is 6. The van der Waals surface area contributed by atoms with Crippen LogP contribution in [0.2, 0.25) is 0 Å². The van der Waals surface area contributed by atoms with Crippen LogP contribution in [0.1, 0.15) is 16.8 Å². The Balaban J connectivity index is 2.22. The van der Waals surface area contributed by atoms with Crippen molar-refractivity contribution in [2.45, 2.75) is 12.5 Å². The van der Waals surface area contributed by atoms with Crippen LogP contribution in [0.3, 0.4) is 0 Å². The number of anilines is 2. The van der Waals surface area contributed by atoms with Gasteiger partial charge in [0.1, 0.15) is 5.82 Å². The van der Waals surface area contributed by atoms with E-state index >= 15 is 0 Å². The van der Waals surface area contributed by atoms with Crippen LogP contribution in [0.15, 0.2) is 12.3 Å². The minimum Gasteiger partial charge on any atom is -0.465 e. The Morgan fingerprint density at radius 1 is 1.56 bits per heavy atom. The smallest absolute Gasteiger partial charge is 0.340 e. The molecule has 0 aromatic carbocycles. The highest BCUT2D eigenvalue weighted by Crippen LogP contribution is 2.23. The number of nitrogens with zero attached hydrogens (tertiary/aromatic N) is 2. The Hall–Kier alpha value is -1.82. The predicted octanol–water partition coefficient (Wildman–Crippen LogP) is 0.675. The molecule has 2 rings (SSSR count). The number of pyridine rings is 1. The molecule has 0 aliphatic carbocycles. The molecule has 6 heteroatoms. The lowest BCUT2D eigenvalue weighted by molar-refractivity contribution is 0.0602. The van der Waals surface area contributed by atoms with E-state index in [0.29, 0.717) is 11.3 Å². The molecule has 1 atom stereocenters. The molecule has 1 unspecified atom stereocenters. The largest absolute Gasteiger partial charge is 0.465 e. The standard InChI is InChI=1S/C12H17N3O3/c1-17-8-3-4-15(7-8)11-5-9(12(16)18-2)10(13)6-14-11/h5-6,8H,3-4,7,13H2,1-2H3. The van der Waals surface area contributed by atoms with Crippen LogP contribution in [0, 0.1) is 0 Å². The third-order valence-corrected chi connectivity index (χ3v) is 3.13. The first-order valence-electron chi connectivity index (χ1n) is 5.77. The van der Waals surface area contributed by atoms with Gasteiger partial charge in [0.15, 0.2) is 0 Å². The Kier molecular flexibility index (Phi) is 3.66. The molecule has 1 aromatic rings. The molecule has 0 bridgehead atoms. The van der Waals surface area contributed by atoms with Gasteiger partial charge in [0.05, 0.1) is 30.7 Å². The lowest BCUT2D eigenvalue weighted by Gasteiger charge is -2.18. The van der Waals surface area contributed by atoms with Crippen molar-refractivity contribution in [1.29, 1.82) is 0 Å². The Bertz CT molecular complexity index is 450. The minimum atomic E-state index is -0.446. The minimum absolute atomic E-state index is 0.214. The van der Waals surface area contributed by atoms with Crippen molar-refractivity contribution in [3.63, 3.8) is 0 Å². The van der Waals surface area contributed by atoms with Crippen LogP contribution in [0.4, 0.5) is 11.5 Å². The fraction of sp³-hybridized carbons (Fsp3) is 0.500. The molecule has 18 heavy (non-hydrogen) atoms. The Morgan fingerprint density at radius 2 is 2.33 bits per heavy atom. The van der Waals surface area contributed by atoms with Gasteiger partial charge in [0.25, 0.3) is 0 Å². The summed E-state index contributed by atoms with van der Waals surface area (Å²) in [5.41, 5.74) is 6.39. The summed E-state index contributed by atoms with van der Waals surface area (Å²) in [4.78, 5) is 17.9. The molecule has 1 aliphatic rings. The summed E-state index contributed by atoms with van der Waals surface area (Å²) >= 11 is 0. The van der Waals surface area contributed by atoms with Crippen molar-refractivity contribution in [3.05, 3.63) is 17.8 Å². The predicted molar refractivity (Wildman–Crippen MR) is 67.6 cm³/mol. The summed E-state index contributed by atoms with van der Waals surface area (Å²) < 4.78 is 9.99. The molecule has 6 nitrogen and oxygen atoms in total. The maximum Gasteiger partial charge on any atom is 0.340 e. The summed E-state index contributed by atoms with van der Waals surface area (Å²) in [5, 5.41) is 0. The number of carbonyl (C=O) groups excluding carboxylic acids is 1. The lowest BCUT2D eigenvalue weighted by Crippen LogP contribution is -2.23. The fourth-order valence-electron chi connectivity index (χ4n) is 2.04. The van der Waals surface area contributed by atoms with E-state index in [-0.39, 0.29) is 6.10 Å². The van der Waals surface area contributed by atoms with Gasteiger partial charge in [-0.2, -0.15) is 0 Å². The summed E-state index contributed by atoms with van der Waals surface area (Å²) in [6.45, 7) is 1.63. The maximum absolute atomic E-state index is 11.5. The van der Waals surface area contributed by atoms with Gasteiger partial charge < -0.3 is 20.1 Å². The number of nitrogens with two attached hydrogens (primary N) is 1. The summed E-state index contributed by atoms with van der Waals surface area (Å²) in [6.07, 6.45) is 2.66. The van der Waals surface area contributed by atoms with Crippen LogP contribution in [-0.4, -0.2) is 44.4 Å². The van der Waals surface area contributed by atoms with E-state index in [0.717, 1.165) is 25.3 Å². The quantitative estimate of drug-likeness (QED) is 0.796. The van der Waals surface area contributed by atoms with Crippen LogP contribution < -0.4 is 10.6 Å². The normalized spacial score (nSPS) is 19.0. The van der Waals surface area contributed by atoms with Crippen molar-refractivity contribution >= 4 is 17.5 Å². The SMILES string of the molecule is COC(=O)c1cc(N2CCC(OC)C2)ncc1N. The third-order valence-electron chi connectivity index (χ3n) is 3.13. The van der Waals surface area contributed by atoms with Gasteiger partial charge in [0, 0.05) is 20.2 Å². The molecule has 0 spiro atoms. The van der Waals surface area contributed by atoms with Gasteiger partial charge in [-0.15, -0.1) is 0 Å². The van der Waals surface area contributed by atoms with Gasteiger partial charge in [-0.3, -0.25) is 0 Å². The number of ether oxygens (including phenoxy) is 2. The van der Waals surface area contributed by atoms with Crippen LogP contribution in [-0.2, 0) is 9.47 Å². The van der Waals surface area contributed by atoms with Gasteiger partial charge in [-0.25, -0.2) is 9.78 Å². The number of rotatable bonds is 3. The van der Waals surface area contributed by atoms with E-state index in [9.17, 15) is 4.79 Å². The number of carbonyl (C=O) groups is 1. The highest BCUT2D eigenvalue weighted by Gasteiger charge is 2.24. The van der Waals surface area contributed by atoms with E-state index < -0.39 is 5.97 Å². The monoisotopic (exact) mass is 251 g/mol. The zero-order chi connectivity index (χ0) is 13.1. The zero-order valence-corrected chi connectivity index (χ0v) is 10.5. The molecule has 1 aromatic heterocycles.